The minimum Gasteiger partial charge on any atom is -0.481 e. The van der Waals surface area contributed by atoms with Crippen LogP contribution in [0.25, 0.3) is 10.9 Å². The molecule has 278 valence electrons. The first-order valence-corrected chi connectivity index (χ1v) is 19.8. The van der Waals surface area contributed by atoms with Gasteiger partial charge in [-0.25, -0.2) is 0 Å². The second-order valence-corrected chi connectivity index (χ2v) is 19.4. The molecule has 1 heterocycles. The van der Waals surface area contributed by atoms with Gasteiger partial charge in [-0.05, 0) is 140 Å². The Balaban J connectivity index is 1.09. The Kier molecular flexibility index (Phi) is 8.80. The Morgan fingerprint density at radius 2 is 1.67 bits per heavy atom. The van der Waals surface area contributed by atoms with Gasteiger partial charge in [0.2, 0.25) is 0 Å². The highest BCUT2D eigenvalue weighted by molar-refractivity contribution is 5.95. The molecule has 1 aromatic heterocycles. The molecule has 1 aromatic carbocycles. The molecule has 0 aliphatic heterocycles. The average Bonchev–Trinajstić information content (AvgIpc) is 3.43. The lowest BCUT2D eigenvalue weighted by Gasteiger charge is -2.70. The van der Waals surface area contributed by atoms with Crippen LogP contribution in [0.5, 0.6) is 0 Å². The van der Waals surface area contributed by atoms with Crippen molar-refractivity contribution >= 4 is 28.6 Å². The Hall–Kier alpha value is -2.93. The van der Waals surface area contributed by atoms with Crippen LogP contribution < -0.4 is 0 Å². The van der Waals surface area contributed by atoms with E-state index in [-0.39, 0.29) is 63.2 Å². The number of aliphatic hydroxyl groups is 1. The van der Waals surface area contributed by atoms with Crippen LogP contribution in [0.3, 0.4) is 0 Å². The first-order chi connectivity index (χ1) is 23.9. The zero-order valence-corrected chi connectivity index (χ0v) is 32.1. The van der Waals surface area contributed by atoms with Crippen molar-refractivity contribution in [2.24, 2.45) is 50.2 Å². The van der Waals surface area contributed by atoms with Crippen LogP contribution in [0.15, 0.2) is 42.0 Å². The molecule has 5 aliphatic rings. The highest BCUT2D eigenvalue weighted by Crippen LogP contribution is 2.75. The van der Waals surface area contributed by atoms with Gasteiger partial charge in [0.05, 0.1) is 24.5 Å². The lowest BCUT2D eigenvalue weighted by molar-refractivity contribution is -0.202. The van der Waals surface area contributed by atoms with Crippen molar-refractivity contribution in [3.8, 4) is 0 Å². The number of aliphatic carboxylic acids is 1. The quantitative estimate of drug-likeness (QED) is 0.211. The number of hydrogen-bond acceptors (Lipinski definition) is 5. The minimum absolute atomic E-state index is 0.0501. The molecule has 9 atom stereocenters. The number of rotatable bonds is 8. The fourth-order valence-corrected chi connectivity index (χ4v) is 12.9. The molecule has 51 heavy (non-hydrogen) atoms. The zero-order chi connectivity index (χ0) is 36.8. The van der Waals surface area contributed by atoms with Gasteiger partial charge in [-0.2, -0.15) is 0 Å². The number of aliphatic hydroxyl groups excluding tert-OH is 1. The highest BCUT2D eigenvalue weighted by Gasteiger charge is 2.70. The maximum absolute atomic E-state index is 14.6. The highest BCUT2D eigenvalue weighted by atomic mass is 16.5. The predicted octanol–water partition coefficient (Wildman–Crippen LogP) is 8.93. The topological polar surface area (TPSA) is 106 Å². The van der Waals surface area contributed by atoms with Crippen LogP contribution in [0.2, 0.25) is 0 Å². The first-order valence-electron chi connectivity index (χ1n) is 19.8. The van der Waals surface area contributed by atoms with Gasteiger partial charge < -0.3 is 19.5 Å². The van der Waals surface area contributed by atoms with Crippen LogP contribution in [0.1, 0.15) is 125 Å². The summed E-state index contributed by atoms with van der Waals surface area (Å²) in [6, 6.07) is 10.2. The summed E-state index contributed by atoms with van der Waals surface area (Å²) in [5.74, 6) is -0.262. The standard InChI is InChI=1S/C44H61NO6/c1-39(2)34-15-18-44(7)37(42(34,5)17-16-35(39)47)33(46)26-30-31-27-41(4,20-19-40(31,3)21-22-43(30,44)6)38(50)51-24-10-23-45-29(13-14-36(48)49)25-28-11-8-9-12-32(28)45/h8-9,11-12,25-26,31,34-35,37,47H,10,13-24,27H2,1-7H3,(H,48,49)/t31-,34-,35-,37+,40+,41-,42-,43+,44+/m0/s1. The fraction of sp³-hybridized carbons (Fsp3) is 0.705. The number of allylic oxidation sites excluding steroid dienone is 2. The molecule has 5 aliphatic carbocycles. The van der Waals surface area contributed by atoms with Gasteiger partial charge in [0, 0.05) is 23.7 Å². The molecule has 7 nitrogen and oxygen atoms in total. The largest absolute Gasteiger partial charge is 0.481 e. The van der Waals surface area contributed by atoms with Gasteiger partial charge in [0.1, 0.15) is 0 Å². The molecule has 0 saturated heterocycles. The lowest BCUT2D eigenvalue weighted by Crippen LogP contribution is -2.66. The number of hydrogen-bond donors (Lipinski definition) is 2. The SMILES string of the molecule is CC1(C)[C@@H](O)CC[C@]2(C)[C@H]3C(=O)C=C4[C@@H]5C[C@@](C)(C(=O)OCCCn6c(CCC(=O)O)cc7ccccc76)CC[C@]5(C)CC[C@@]4(C)[C@]3(C)CC[C@@H]12. The summed E-state index contributed by atoms with van der Waals surface area (Å²) in [6.45, 7) is 17.1. The lowest BCUT2D eigenvalue weighted by atomic mass is 9.33. The number of carbonyl (C=O) groups is 3. The molecule has 0 spiro atoms. The fourth-order valence-electron chi connectivity index (χ4n) is 12.9. The van der Waals surface area contributed by atoms with E-state index in [0.29, 0.717) is 38.3 Å². The van der Waals surface area contributed by atoms with E-state index >= 15 is 0 Å². The average molecular weight is 700 g/mol. The molecule has 2 aromatic rings. The van der Waals surface area contributed by atoms with Crippen LogP contribution in [0, 0.1) is 50.2 Å². The number of fused-ring (bicyclic) bond motifs is 8. The van der Waals surface area contributed by atoms with E-state index in [4.69, 9.17) is 4.74 Å². The maximum atomic E-state index is 14.6. The van der Waals surface area contributed by atoms with E-state index in [1.807, 2.05) is 18.2 Å². The van der Waals surface area contributed by atoms with Crippen molar-refractivity contribution in [3.05, 3.63) is 47.7 Å². The van der Waals surface area contributed by atoms with Gasteiger partial charge in [0.25, 0.3) is 0 Å². The maximum Gasteiger partial charge on any atom is 0.311 e. The van der Waals surface area contributed by atoms with E-state index < -0.39 is 11.4 Å². The number of aromatic nitrogens is 1. The zero-order valence-electron chi connectivity index (χ0n) is 32.1. The number of aryl methyl sites for hydroxylation is 2. The molecule has 7 rings (SSSR count). The second-order valence-electron chi connectivity index (χ2n) is 19.4. The monoisotopic (exact) mass is 699 g/mol. The van der Waals surface area contributed by atoms with Gasteiger partial charge in [-0.3, -0.25) is 14.4 Å². The number of para-hydroxylation sites is 1. The number of nitrogens with zero attached hydrogens (tertiary/aromatic N) is 1. The van der Waals surface area contributed by atoms with E-state index in [0.717, 1.165) is 68.0 Å². The molecule has 0 unspecified atom stereocenters. The summed E-state index contributed by atoms with van der Waals surface area (Å²) in [5, 5.41) is 21.4. The minimum atomic E-state index is -0.811. The number of carbonyl (C=O) groups excluding carboxylic acids is 2. The first kappa shape index (κ1) is 36.4. The summed E-state index contributed by atoms with van der Waals surface area (Å²) in [6.07, 6.45) is 11.2. The van der Waals surface area contributed by atoms with E-state index in [2.05, 4.69) is 71.2 Å². The summed E-state index contributed by atoms with van der Waals surface area (Å²) in [5.41, 5.74) is 2.14. The molecule has 4 fully saturated rings. The molecule has 0 amide bonds. The van der Waals surface area contributed by atoms with E-state index in [1.165, 1.54) is 5.57 Å². The molecule has 0 radical (unpaired) electrons. The van der Waals surface area contributed by atoms with Crippen molar-refractivity contribution in [2.75, 3.05) is 6.61 Å². The Morgan fingerprint density at radius 3 is 2.41 bits per heavy atom. The van der Waals surface area contributed by atoms with Crippen LogP contribution in [0.4, 0.5) is 0 Å². The number of benzene rings is 1. The number of esters is 1. The normalized spacial score (nSPS) is 40.0. The summed E-state index contributed by atoms with van der Waals surface area (Å²) in [4.78, 5) is 40.0. The van der Waals surface area contributed by atoms with Crippen molar-refractivity contribution < 1.29 is 29.3 Å². The van der Waals surface area contributed by atoms with Crippen molar-refractivity contribution in [3.63, 3.8) is 0 Å². The number of carboxylic acids is 1. The van der Waals surface area contributed by atoms with E-state index in [9.17, 15) is 24.6 Å². The third-order valence-electron chi connectivity index (χ3n) is 16.3. The van der Waals surface area contributed by atoms with Gasteiger partial charge in [-0.15, -0.1) is 0 Å². The van der Waals surface area contributed by atoms with Gasteiger partial charge >= 0.3 is 11.9 Å². The molecule has 2 N–H and O–H groups in total. The van der Waals surface area contributed by atoms with Crippen molar-refractivity contribution in [2.45, 2.75) is 138 Å². The smallest absolute Gasteiger partial charge is 0.311 e. The number of carboxylic acid groups (broad SMARTS) is 1. The van der Waals surface area contributed by atoms with Crippen molar-refractivity contribution in [1.29, 1.82) is 0 Å². The Bertz CT molecular complexity index is 1770. The van der Waals surface area contributed by atoms with Crippen LogP contribution >= 0.6 is 0 Å². The van der Waals surface area contributed by atoms with Gasteiger partial charge in [-0.1, -0.05) is 65.3 Å². The Morgan fingerprint density at radius 1 is 0.941 bits per heavy atom. The summed E-state index contributed by atoms with van der Waals surface area (Å²) < 4.78 is 8.26. The molecule has 7 heteroatoms. The number of ketones is 1. The van der Waals surface area contributed by atoms with E-state index in [1.54, 1.807) is 0 Å². The Labute approximate surface area is 304 Å². The van der Waals surface area contributed by atoms with Crippen LogP contribution in [-0.4, -0.2) is 45.2 Å². The molecular formula is C44H61NO6. The number of ether oxygens (including phenoxy) is 1. The third kappa shape index (κ3) is 5.48. The second kappa shape index (κ2) is 12.3. The van der Waals surface area contributed by atoms with Crippen LogP contribution in [-0.2, 0) is 32.1 Å². The third-order valence-corrected chi connectivity index (χ3v) is 16.3. The molecular weight excluding hydrogens is 638 g/mol. The van der Waals surface area contributed by atoms with Crippen molar-refractivity contribution in [1.82, 2.24) is 4.57 Å². The predicted molar refractivity (Wildman–Crippen MR) is 199 cm³/mol. The summed E-state index contributed by atoms with van der Waals surface area (Å²) in [7, 11) is 0. The molecule has 0 bridgehead atoms. The summed E-state index contributed by atoms with van der Waals surface area (Å²) >= 11 is 0. The van der Waals surface area contributed by atoms with Gasteiger partial charge in [0.15, 0.2) is 5.78 Å². The molecule has 4 saturated carbocycles.